The van der Waals surface area contributed by atoms with Gasteiger partial charge in [0, 0.05) is 37.0 Å². The Kier molecular flexibility index (Phi) is 3.87. The standard InChI is InChI=1S/C14H20N2O2/c1-10(18-2)6-7-14(17)16-9-8-11-12(15)4-3-5-13(11)16/h3-5,10H,6-9,15H2,1-2H3. The number of amides is 1. The van der Waals surface area contributed by atoms with E-state index in [0.29, 0.717) is 6.42 Å². The number of hydrogen-bond donors (Lipinski definition) is 1. The van der Waals surface area contributed by atoms with Crippen molar-refractivity contribution < 1.29 is 9.53 Å². The van der Waals surface area contributed by atoms with Crippen molar-refractivity contribution in [3.05, 3.63) is 23.8 Å². The molecule has 4 heteroatoms. The molecule has 1 aliphatic rings. The maximum absolute atomic E-state index is 12.2. The number of nitrogen functional groups attached to an aromatic ring is 1. The van der Waals surface area contributed by atoms with Crippen LogP contribution in [0.1, 0.15) is 25.3 Å². The zero-order chi connectivity index (χ0) is 13.1. The van der Waals surface area contributed by atoms with Gasteiger partial charge in [-0.3, -0.25) is 4.79 Å². The van der Waals surface area contributed by atoms with Gasteiger partial charge in [0.15, 0.2) is 0 Å². The van der Waals surface area contributed by atoms with Crippen LogP contribution in [-0.4, -0.2) is 25.7 Å². The van der Waals surface area contributed by atoms with Crippen molar-refractivity contribution in [2.24, 2.45) is 0 Å². The molecule has 98 valence electrons. The molecule has 0 fully saturated rings. The van der Waals surface area contributed by atoms with Gasteiger partial charge in [-0.1, -0.05) is 6.07 Å². The third kappa shape index (κ3) is 2.48. The first-order valence-corrected chi connectivity index (χ1v) is 6.34. The van der Waals surface area contributed by atoms with Gasteiger partial charge < -0.3 is 15.4 Å². The molecule has 18 heavy (non-hydrogen) atoms. The zero-order valence-corrected chi connectivity index (χ0v) is 11.0. The molecule has 0 saturated heterocycles. The predicted molar refractivity (Wildman–Crippen MR) is 72.6 cm³/mol. The first kappa shape index (κ1) is 12.9. The fourth-order valence-corrected chi connectivity index (χ4v) is 2.30. The fraction of sp³-hybridized carbons (Fsp3) is 0.500. The van der Waals surface area contributed by atoms with E-state index in [1.807, 2.05) is 30.0 Å². The van der Waals surface area contributed by atoms with E-state index in [4.69, 9.17) is 10.5 Å². The molecule has 4 nitrogen and oxygen atoms in total. The molecule has 1 atom stereocenters. The predicted octanol–water partition coefficient (Wildman–Crippen LogP) is 1.97. The van der Waals surface area contributed by atoms with Crippen molar-refractivity contribution in [2.75, 3.05) is 24.3 Å². The monoisotopic (exact) mass is 248 g/mol. The molecular formula is C14H20N2O2. The van der Waals surface area contributed by atoms with Gasteiger partial charge in [-0.05, 0) is 31.9 Å². The number of carbonyl (C=O) groups excluding carboxylic acids is 1. The summed E-state index contributed by atoms with van der Waals surface area (Å²) in [5.74, 6) is 0.156. The van der Waals surface area contributed by atoms with Gasteiger partial charge in [-0.15, -0.1) is 0 Å². The minimum atomic E-state index is 0.122. The second kappa shape index (κ2) is 5.40. The lowest BCUT2D eigenvalue weighted by atomic mass is 10.1. The van der Waals surface area contributed by atoms with Crippen LogP contribution in [0.5, 0.6) is 0 Å². The number of nitrogens with two attached hydrogens (primary N) is 1. The number of nitrogens with zero attached hydrogens (tertiary/aromatic N) is 1. The molecule has 0 spiro atoms. The number of rotatable bonds is 4. The number of methoxy groups -OCH3 is 1. The molecule has 1 unspecified atom stereocenters. The highest BCUT2D eigenvalue weighted by Crippen LogP contribution is 2.32. The van der Waals surface area contributed by atoms with Gasteiger partial charge in [-0.25, -0.2) is 0 Å². The van der Waals surface area contributed by atoms with Crippen LogP contribution in [0.2, 0.25) is 0 Å². The Morgan fingerprint density at radius 2 is 2.33 bits per heavy atom. The third-order valence-electron chi connectivity index (χ3n) is 3.53. The van der Waals surface area contributed by atoms with E-state index in [9.17, 15) is 4.79 Å². The molecule has 0 bridgehead atoms. The Morgan fingerprint density at radius 1 is 1.56 bits per heavy atom. The quantitative estimate of drug-likeness (QED) is 0.829. The number of ether oxygens (including phenoxy) is 1. The van der Waals surface area contributed by atoms with Crippen LogP contribution < -0.4 is 10.6 Å². The molecule has 0 aromatic heterocycles. The number of carbonyl (C=O) groups is 1. The van der Waals surface area contributed by atoms with Crippen molar-refractivity contribution in [3.63, 3.8) is 0 Å². The van der Waals surface area contributed by atoms with Crippen molar-refractivity contribution in [2.45, 2.75) is 32.3 Å². The van der Waals surface area contributed by atoms with Crippen molar-refractivity contribution in [1.82, 2.24) is 0 Å². The number of anilines is 2. The summed E-state index contributed by atoms with van der Waals surface area (Å²) in [6.45, 7) is 2.72. The summed E-state index contributed by atoms with van der Waals surface area (Å²) < 4.78 is 5.16. The van der Waals surface area contributed by atoms with Crippen LogP contribution in [0.15, 0.2) is 18.2 Å². The number of fused-ring (bicyclic) bond motifs is 1. The SMILES string of the molecule is COC(C)CCC(=O)N1CCc2c(N)cccc21. The summed E-state index contributed by atoms with van der Waals surface area (Å²) in [6, 6.07) is 5.76. The van der Waals surface area contributed by atoms with Crippen LogP contribution in [0, 0.1) is 0 Å². The molecule has 1 aliphatic heterocycles. The highest BCUT2D eigenvalue weighted by Gasteiger charge is 2.25. The molecule has 1 aromatic carbocycles. The van der Waals surface area contributed by atoms with E-state index in [0.717, 1.165) is 36.3 Å². The zero-order valence-electron chi connectivity index (χ0n) is 11.0. The Balaban J connectivity index is 2.05. The lowest BCUT2D eigenvalue weighted by Gasteiger charge is -2.18. The van der Waals surface area contributed by atoms with Gasteiger partial charge in [0.05, 0.1) is 6.10 Å². The van der Waals surface area contributed by atoms with E-state index < -0.39 is 0 Å². The van der Waals surface area contributed by atoms with Crippen LogP contribution in [0.3, 0.4) is 0 Å². The molecule has 1 heterocycles. The average molecular weight is 248 g/mol. The van der Waals surface area contributed by atoms with Gasteiger partial charge >= 0.3 is 0 Å². The van der Waals surface area contributed by atoms with Crippen molar-refractivity contribution in [1.29, 1.82) is 0 Å². The van der Waals surface area contributed by atoms with E-state index in [-0.39, 0.29) is 12.0 Å². The van der Waals surface area contributed by atoms with Crippen LogP contribution in [0.4, 0.5) is 11.4 Å². The highest BCUT2D eigenvalue weighted by atomic mass is 16.5. The topological polar surface area (TPSA) is 55.6 Å². The summed E-state index contributed by atoms with van der Waals surface area (Å²) in [4.78, 5) is 14.0. The first-order chi connectivity index (χ1) is 8.63. The second-order valence-electron chi connectivity index (χ2n) is 4.73. The molecule has 1 amide bonds. The largest absolute Gasteiger partial charge is 0.398 e. The maximum Gasteiger partial charge on any atom is 0.227 e. The van der Waals surface area contributed by atoms with Crippen LogP contribution >= 0.6 is 0 Å². The van der Waals surface area contributed by atoms with Gasteiger partial charge in [0.2, 0.25) is 5.91 Å². The normalized spacial score (nSPS) is 15.6. The lowest BCUT2D eigenvalue weighted by Crippen LogP contribution is -2.29. The van der Waals surface area contributed by atoms with Crippen molar-refractivity contribution in [3.8, 4) is 0 Å². The van der Waals surface area contributed by atoms with Gasteiger partial charge in [0.25, 0.3) is 0 Å². The smallest absolute Gasteiger partial charge is 0.227 e. The van der Waals surface area contributed by atoms with E-state index in [1.165, 1.54) is 0 Å². The lowest BCUT2D eigenvalue weighted by molar-refractivity contribution is -0.119. The Bertz CT molecular complexity index is 445. The summed E-state index contributed by atoms with van der Waals surface area (Å²) in [5, 5.41) is 0. The summed E-state index contributed by atoms with van der Waals surface area (Å²) in [6.07, 6.45) is 2.25. The summed E-state index contributed by atoms with van der Waals surface area (Å²) in [5.41, 5.74) is 8.78. The van der Waals surface area contributed by atoms with E-state index in [1.54, 1.807) is 7.11 Å². The molecular weight excluding hydrogens is 228 g/mol. The van der Waals surface area contributed by atoms with Crippen molar-refractivity contribution >= 4 is 17.3 Å². The van der Waals surface area contributed by atoms with E-state index >= 15 is 0 Å². The van der Waals surface area contributed by atoms with Crippen LogP contribution in [0.25, 0.3) is 0 Å². The first-order valence-electron chi connectivity index (χ1n) is 6.34. The summed E-state index contributed by atoms with van der Waals surface area (Å²) >= 11 is 0. The molecule has 2 rings (SSSR count). The number of hydrogen-bond acceptors (Lipinski definition) is 3. The summed E-state index contributed by atoms with van der Waals surface area (Å²) in [7, 11) is 1.67. The molecule has 1 aromatic rings. The maximum atomic E-state index is 12.2. The molecule has 0 saturated carbocycles. The number of benzene rings is 1. The minimum Gasteiger partial charge on any atom is -0.398 e. The molecule has 0 radical (unpaired) electrons. The third-order valence-corrected chi connectivity index (χ3v) is 3.53. The Morgan fingerprint density at radius 3 is 3.06 bits per heavy atom. The molecule has 2 N–H and O–H groups in total. The Labute approximate surface area is 108 Å². The van der Waals surface area contributed by atoms with Gasteiger partial charge in [-0.2, -0.15) is 0 Å². The fourth-order valence-electron chi connectivity index (χ4n) is 2.30. The second-order valence-corrected chi connectivity index (χ2v) is 4.73. The molecule has 0 aliphatic carbocycles. The van der Waals surface area contributed by atoms with Gasteiger partial charge in [0.1, 0.15) is 0 Å². The van der Waals surface area contributed by atoms with E-state index in [2.05, 4.69) is 0 Å². The highest BCUT2D eigenvalue weighted by molar-refractivity contribution is 5.96. The minimum absolute atomic E-state index is 0.122. The average Bonchev–Trinajstić information content (AvgIpc) is 2.81. The van der Waals surface area contributed by atoms with Crippen LogP contribution in [-0.2, 0) is 16.0 Å². The Hall–Kier alpha value is -1.55.